The molecule has 1 aliphatic rings. The fourth-order valence-electron chi connectivity index (χ4n) is 10.4. The smallest absolute Gasteiger partial charge is 0.115 e. The minimum Gasteiger partial charge on any atom is -0.366 e. The van der Waals surface area contributed by atoms with Crippen LogP contribution in [0, 0.1) is 0 Å². The largest absolute Gasteiger partial charge is 0.366 e. The highest BCUT2D eigenvalue weighted by Gasteiger charge is 2.31. The Morgan fingerprint density at radius 2 is 1.06 bits per heavy atom. The molecule has 0 saturated heterocycles. The third-order valence-corrected chi connectivity index (χ3v) is 13.8. The molecule has 0 spiro atoms. The predicted octanol–water partition coefficient (Wildman–Crippen LogP) is 14.8. The average molecular weight is 811 g/mol. The van der Waals surface area contributed by atoms with Gasteiger partial charge in [-0.15, -0.1) is 0 Å². The number of pyridine rings is 1. The maximum atomic E-state index is 4.97. The molecular formula is C57H42N6. The number of hydrogen-bond donors (Lipinski definition) is 3. The zero-order valence-corrected chi connectivity index (χ0v) is 34.9. The van der Waals surface area contributed by atoms with Gasteiger partial charge in [0.25, 0.3) is 0 Å². The van der Waals surface area contributed by atoms with E-state index in [2.05, 4.69) is 202 Å². The molecule has 3 N–H and O–H groups in total. The van der Waals surface area contributed by atoms with Crippen molar-refractivity contribution in [2.45, 2.75) is 25.7 Å². The van der Waals surface area contributed by atoms with Crippen LogP contribution in [-0.2, 0) is 0 Å². The van der Waals surface area contributed by atoms with Crippen LogP contribution in [0.2, 0.25) is 0 Å². The summed E-state index contributed by atoms with van der Waals surface area (Å²) in [6.45, 7) is 4.82. The molecule has 6 aromatic carbocycles. The zero-order valence-electron chi connectivity index (χ0n) is 34.9. The Bertz CT molecular complexity index is 3680. The van der Waals surface area contributed by atoms with Crippen molar-refractivity contribution in [3.8, 4) is 67.5 Å². The van der Waals surface area contributed by atoms with E-state index in [0.717, 1.165) is 39.7 Å². The Morgan fingerprint density at radius 3 is 1.70 bits per heavy atom. The third kappa shape index (κ3) is 5.47. The molecule has 6 aromatic heterocycles. The maximum Gasteiger partial charge on any atom is 0.115 e. The number of nitrogens with one attached hydrogen (secondary N) is 3. The van der Waals surface area contributed by atoms with Gasteiger partial charge in [-0.25, -0.2) is 0 Å². The van der Waals surface area contributed by atoms with Crippen LogP contribution < -0.4 is 0 Å². The summed E-state index contributed by atoms with van der Waals surface area (Å²) in [5, 5.41) is 4.98. The van der Waals surface area contributed by atoms with Crippen LogP contribution in [-0.4, -0.2) is 29.1 Å². The number of rotatable bonds is 6. The predicted molar refractivity (Wildman–Crippen MR) is 260 cm³/mol. The van der Waals surface area contributed by atoms with Crippen molar-refractivity contribution in [1.29, 1.82) is 0 Å². The molecule has 1 aliphatic carbocycles. The second-order valence-corrected chi connectivity index (χ2v) is 17.2. The second kappa shape index (κ2) is 13.7. The van der Waals surface area contributed by atoms with E-state index in [0.29, 0.717) is 11.8 Å². The molecule has 6 nitrogen and oxygen atoms in total. The Morgan fingerprint density at radius 1 is 0.460 bits per heavy atom. The highest BCUT2D eigenvalue weighted by atomic mass is 15.1. The lowest BCUT2D eigenvalue weighted by molar-refractivity contribution is 0.617. The quantitative estimate of drug-likeness (QED) is 0.154. The zero-order chi connectivity index (χ0) is 41.8. The summed E-state index contributed by atoms with van der Waals surface area (Å²) >= 11 is 0. The molecule has 6 heteroatoms. The Balaban J connectivity index is 1.000. The maximum absolute atomic E-state index is 4.97. The van der Waals surface area contributed by atoms with Crippen molar-refractivity contribution in [1.82, 2.24) is 29.1 Å². The van der Waals surface area contributed by atoms with E-state index in [9.17, 15) is 0 Å². The Kier molecular flexibility index (Phi) is 7.76. The Hall–Kier alpha value is -8.09. The molecule has 12 aromatic rings. The van der Waals surface area contributed by atoms with Gasteiger partial charge in [0.15, 0.2) is 0 Å². The summed E-state index contributed by atoms with van der Waals surface area (Å²) in [6, 6.07) is 59.8. The van der Waals surface area contributed by atoms with Gasteiger partial charge in [0, 0.05) is 68.8 Å². The molecule has 0 radical (unpaired) electrons. The molecule has 63 heavy (non-hydrogen) atoms. The first-order valence-electron chi connectivity index (χ1n) is 21.8. The van der Waals surface area contributed by atoms with Crippen LogP contribution in [0.15, 0.2) is 189 Å². The van der Waals surface area contributed by atoms with Crippen molar-refractivity contribution < 1.29 is 0 Å². The molecule has 0 bridgehead atoms. The standard InChI is InChI=1S/C57H42N6/c1-34-35(2)43-29-49-47-27-39(52-20-19-51(61-52)37-12-7-4-8-13-37)17-22-54(47)63(57-14-9-24-59-57)56(49)31-45(43)44-30-55-48(28-42(34)44)46-26-38(16-21-53(46)62(55)41-23-25-58-33-41)50-18-15-40(32-60-50)36-10-5-3-6-11-36/h3-35,58-59,61H,1-2H3. The van der Waals surface area contributed by atoms with Crippen molar-refractivity contribution in [3.05, 3.63) is 200 Å². The van der Waals surface area contributed by atoms with E-state index in [-0.39, 0.29) is 0 Å². The second-order valence-electron chi connectivity index (χ2n) is 17.2. The van der Waals surface area contributed by atoms with Gasteiger partial charge < -0.3 is 19.5 Å². The first-order valence-corrected chi connectivity index (χ1v) is 21.8. The van der Waals surface area contributed by atoms with Crippen LogP contribution in [0.3, 0.4) is 0 Å². The number of aromatic nitrogens is 6. The fourth-order valence-corrected chi connectivity index (χ4v) is 10.4. The SMILES string of the molecule is CC1c2cc3c4cc(-c5ccc(-c6ccccc6)cn5)ccc4n(-c4cc[nH]c4)c3cc2-c2cc3c(cc2C1C)c1cc(-c2ccc(-c4ccccc4)[nH]2)ccc1n3-c1ccc[nH]1. The molecule has 300 valence electrons. The molecule has 2 atom stereocenters. The van der Waals surface area contributed by atoms with E-state index in [4.69, 9.17) is 4.98 Å². The summed E-state index contributed by atoms with van der Waals surface area (Å²) in [7, 11) is 0. The average Bonchev–Trinajstić information content (AvgIpc) is 4.21. The van der Waals surface area contributed by atoms with Crippen molar-refractivity contribution >= 4 is 43.6 Å². The highest BCUT2D eigenvalue weighted by Crippen LogP contribution is 2.51. The number of nitrogens with zero attached hydrogens (tertiary/aromatic N) is 3. The van der Waals surface area contributed by atoms with Crippen LogP contribution in [0.1, 0.15) is 36.8 Å². The van der Waals surface area contributed by atoms with Crippen molar-refractivity contribution in [3.63, 3.8) is 0 Å². The number of benzene rings is 6. The third-order valence-electron chi connectivity index (χ3n) is 13.8. The molecule has 0 amide bonds. The van der Waals surface area contributed by atoms with E-state index in [1.165, 1.54) is 82.6 Å². The van der Waals surface area contributed by atoms with Gasteiger partial charge in [0.2, 0.25) is 0 Å². The highest BCUT2D eigenvalue weighted by molar-refractivity contribution is 6.14. The number of aromatic amines is 3. The van der Waals surface area contributed by atoms with Crippen molar-refractivity contribution in [2.24, 2.45) is 0 Å². The van der Waals surface area contributed by atoms with E-state index in [1.807, 2.05) is 24.7 Å². The van der Waals surface area contributed by atoms with Gasteiger partial charge in [0.05, 0.1) is 33.4 Å². The van der Waals surface area contributed by atoms with Gasteiger partial charge in [-0.3, -0.25) is 9.55 Å². The monoisotopic (exact) mass is 810 g/mol. The minimum absolute atomic E-state index is 0.304. The summed E-state index contributed by atoms with van der Waals surface area (Å²) in [5.41, 5.74) is 20.1. The van der Waals surface area contributed by atoms with Gasteiger partial charge in [0.1, 0.15) is 5.82 Å². The van der Waals surface area contributed by atoms with Crippen LogP contribution in [0.25, 0.3) is 111 Å². The summed E-state index contributed by atoms with van der Waals surface area (Å²) in [5.74, 6) is 1.66. The van der Waals surface area contributed by atoms with Crippen LogP contribution in [0.5, 0.6) is 0 Å². The number of H-pyrrole nitrogens is 3. The number of fused-ring (bicyclic) bond motifs is 9. The van der Waals surface area contributed by atoms with Gasteiger partial charge in [-0.1, -0.05) is 92.7 Å². The molecule has 13 rings (SSSR count). The molecule has 0 aliphatic heterocycles. The molecule has 0 saturated carbocycles. The van der Waals surface area contributed by atoms with Crippen LogP contribution >= 0.6 is 0 Å². The summed E-state index contributed by atoms with van der Waals surface area (Å²) in [4.78, 5) is 15.5. The molecule has 2 unspecified atom stereocenters. The lowest BCUT2D eigenvalue weighted by atomic mass is 9.72. The van der Waals surface area contributed by atoms with E-state index >= 15 is 0 Å². The topological polar surface area (TPSA) is 70.1 Å². The fraction of sp³-hybridized carbons (Fsp3) is 0.0702. The van der Waals surface area contributed by atoms with Crippen LogP contribution in [0.4, 0.5) is 0 Å². The normalized spacial score (nSPS) is 14.8. The first-order chi connectivity index (χ1) is 31.1. The first kappa shape index (κ1) is 35.6. The van der Waals surface area contributed by atoms with E-state index < -0.39 is 0 Å². The van der Waals surface area contributed by atoms with Crippen molar-refractivity contribution in [2.75, 3.05) is 0 Å². The lowest BCUT2D eigenvalue weighted by Crippen LogP contribution is -2.13. The molecular weight excluding hydrogens is 769 g/mol. The Labute approximate surface area is 364 Å². The lowest BCUT2D eigenvalue weighted by Gasteiger charge is -2.32. The minimum atomic E-state index is 0.304. The van der Waals surface area contributed by atoms with Gasteiger partial charge >= 0.3 is 0 Å². The number of hydrogen-bond acceptors (Lipinski definition) is 1. The molecule has 0 fully saturated rings. The molecule has 6 heterocycles. The summed E-state index contributed by atoms with van der Waals surface area (Å²) in [6.07, 6.45) is 8.11. The van der Waals surface area contributed by atoms with Gasteiger partial charge in [-0.2, -0.15) is 0 Å². The van der Waals surface area contributed by atoms with Gasteiger partial charge in [-0.05, 0) is 136 Å². The summed E-state index contributed by atoms with van der Waals surface area (Å²) < 4.78 is 4.82. The van der Waals surface area contributed by atoms with E-state index in [1.54, 1.807) is 0 Å².